The quantitative estimate of drug-likeness (QED) is 0.648. The predicted octanol–water partition coefficient (Wildman–Crippen LogP) is 2.78. The van der Waals surface area contributed by atoms with Gasteiger partial charge in [0.15, 0.2) is 11.5 Å². The number of hydrogen-bond donors (Lipinski definition) is 2. The Kier molecular flexibility index (Phi) is 7.80. The van der Waals surface area contributed by atoms with Crippen LogP contribution in [0, 0.1) is 11.7 Å². The first-order valence-corrected chi connectivity index (χ1v) is 9.03. The van der Waals surface area contributed by atoms with Crippen molar-refractivity contribution in [3.8, 4) is 11.5 Å². The van der Waals surface area contributed by atoms with Gasteiger partial charge in [-0.1, -0.05) is 38.1 Å². The van der Waals surface area contributed by atoms with E-state index in [0.29, 0.717) is 11.5 Å². The number of nitrogens with one attached hydrogen (secondary N) is 2. The molecule has 2 aromatic rings. The van der Waals surface area contributed by atoms with Gasteiger partial charge in [0.05, 0.1) is 19.2 Å². The van der Waals surface area contributed by atoms with Gasteiger partial charge in [0.2, 0.25) is 5.91 Å². The third-order valence-electron chi connectivity index (χ3n) is 4.08. The summed E-state index contributed by atoms with van der Waals surface area (Å²) in [6.07, 6.45) is 0. The average molecular weight is 388 g/mol. The lowest BCUT2D eigenvalue weighted by molar-refractivity contribution is -0.124. The van der Waals surface area contributed by atoms with Crippen LogP contribution >= 0.6 is 0 Å². The monoisotopic (exact) mass is 388 g/mol. The average Bonchev–Trinajstić information content (AvgIpc) is 2.69. The van der Waals surface area contributed by atoms with E-state index in [9.17, 15) is 14.0 Å². The summed E-state index contributed by atoms with van der Waals surface area (Å²) in [5.74, 6) is -0.613. The SMILES string of the molecule is COc1ccccc1OCCNC(=O)[C@H](NC(=O)c1ccccc1F)C(C)C. The topological polar surface area (TPSA) is 76.7 Å². The van der Waals surface area contributed by atoms with Crippen LogP contribution in [0.5, 0.6) is 11.5 Å². The van der Waals surface area contributed by atoms with Gasteiger partial charge in [-0.2, -0.15) is 0 Å². The molecule has 2 amide bonds. The van der Waals surface area contributed by atoms with Gasteiger partial charge in [-0.05, 0) is 30.2 Å². The van der Waals surface area contributed by atoms with Crippen molar-refractivity contribution in [2.24, 2.45) is 5.92 Å². The van der Waals surface area contributed by atoms with Gasteiger partial charge < -0.3 is 20.1 Å². The number of hydrogen-bond acceptors (Lipinski definition) is 4. The molecular formula is C21H25FN2O4. The fourth-order valence-electron chi connectivity index (χ4n) is 2.58. The highest BCUT2D eigenvalue weighted by atomic mass is 19.1. The molecule has 0 saturated carbocycles. The fourth-order valence-corrected chi connectivity index (χ4v) is 2.58. The molecule has 0 heterocycles. The molecule has 0 bridgehead atoms. The summed E-state index contributed by atoms with van der Waals surface area (Å²) in [6.45, 7) is 4.09. The summed E-state index contributed by atoms with van der Waals surface area (Å²) in [4.78, 5) is 24.8. The number of methoxy groups -OCH3 is 1. The van der Waals surface area contributed by atoms with E-state index in [4.69, 9.17) is 9.47 Å². The lowest BCUT2D eigenvalue weighted by Crippen LogP contribution is -2.50. The molecule has 0 radical (unpaired) electrons. The summed E-state index contributed by atoms with van der Waals surface area (Å²) < 4.78 is 24.6. The maximum Gasteiger partial charge on any atom is 0.254 e. The summed E-state index contributed by atoms with van der Waals surface area (Å²) in [7, 11) is 1.55. The maximum atomic E-state index is 13.8. The third-order valence-corrected chi connectivity index (χ3v) is 4.08. The van der Waals surface area contributed by atoms with Gasteiger partial charge in [-0.3, -0.25) is 9.59 Å². The molecule has 2 N–H and O–H groups in total. The van der Waals surface area contributed by atoms with Crippen LogP contribution in [0.4, 0.5) is 4.39 Å². The molecule has 0 aromatic heterocycles. The molecule has 0 aliphatic heterocycles. The van der Waals surface area contributed by atoms with Crippen molar-refractivity contribution in [2.45, 2.75) is 19.9 Å². The van der Waals surface area contributed by atoms with E-state index in [2.05, 4.69) is 10.6 Å². The second-order valence-electron chi connectivity index (χ2n) is 6.47. The lowest BCUT2D eigenvalue weighted by Gasteiger charge is -2.22. The first kappa shape index (κ1) is 21.2. The molecule has 6 nitrogen and oxygen atoms in total. The van der Waals surface area contributed by atoms with Crippen LogP contribution in [-0.2, 0) is 4.79 Å². The van der Waals surface area contributed by atoms with Crippen molar-refractivity contribution in [3.63, 3.8) is 0 Å². The molecule has 1 atom stereocenters. The van der Waals surface area contributed by atoms with Crippen molar-refractivity contribution >= 4 is 11.8 Å². The van der Waals surface area contributed by atoms with Gasteiger partial charge in [0, 0.05) is 0 Å². The summed E-state index contributed by atoms with van der Waals surface area (Å²) in [6, 6.07) is 12.1. The van der Waals surface area contributed by atoms with Crippen LogP contribution in [0.2, 0.25) is 0 Å². The van der Waals surface area contributed by atoms with Crippen molar-refractivity contribution in [2.75, 3.05) is 20.3 Å². The lowest BCUT2D eigenvalue weighted by atomic mass is 10.0. The number of carbonyl (C=O) groups excluding carboxylic acids is 2. The zero-order chi connectivity index (χ0) is 20.5. The standard InChI is InChI=1S/C21H25FN2O4/c1-14(2)19(24-20(25)15-8-4-5-9-16(15)22)21(26)23-12-13-28-18-11-7-6-10-17(18)27-3/h4-11,14,19H,12-13H2,1-3H3,(H,23,26)(H,24,25)/t19-/m1/s1. The Hall–Kier alpha value is -3.09. The Bertz CT molecular complexity index is 810. The zero-order valence-corrected chi connectivity index (χ0v) is 16.2. The Morgan fingerprint density at radius 2 is 1.68 bits per heavy atom. The number of para-hydroxylation sites is 2. The van der Waals surface area contributed by atoms with E-state index in [1.807, 2.05) is 12.1 Å². The van der Waals surface area contributed by atoms with Gasteiger partial charge in [0.25, 0.3) is 5.91 Å². The number of benzene rings is 2. The highest BCUT2D eigenvalue weighted by Gasteiger charge is 2.25. The minimum Gasteiger partial charge on any atom is -0.493 e. The first-order valence-electron chi connectivity index (χ1n) is 9.03. The van der Waals surface area contributed by atoms with E-state index in [-0.39, 0.29) is 30.5 Å². The predicted molar refractivity (Wildman–Crippen MR) is 104 cm³/mol. The van der Waals surface area contributed by atoms with E-state index in [1.54, 1.807) is 39.2 Å². The Morgan fingerprint density at radius 3 is 2.32 bits per heavy atom. The Balaban J connectivity index is 1.89. The van der Waals surface area contributed by atoms with Crippen molar-refractivity contribution in [1.82, 2.24) is 10.6 Å². The minimum absolute atomic E-state index is 0.0968. The number of halogens is 1. The molecular weight excluding hydrogens is 363 g/mol. The molecule has 0 fully saturated rings. The second kappa shape index (κ2) is 10.3. The third kappa shape index (κ3) is 5.70. The maximum absolute atomic E-state index is 13.8. The largest absolute Gasteiger partial charge is 0.493 e. The number of amides is 2. The van der Waals surface area contributed by atoms with Crippen LogP contribution in [-0.4, -0.2) is 38.1 Å². The normalized spacial score (nSPS) is 11.6. The second-order valence-corrected chi connectivity index (χ2v) is 6.47. The molecule has 2 rings (SSSR count). The van der Waals surface area contributed by atoms with Gasteiger partial charge in [-0.25, -0.2) is 4.39 Å². The Morgan fingerprint density at radius 1 is 1.04 bits per heavy atom. The first-order chi connectivity index (χ1) is 13.4. The summed E-state index contributed by atoms with van der Waals surface area (Å²) in [5.41, 5.74) is -0.0968. The molecule has 7 heteroatoms. The van der Waals surface area contributed by atoms with E-state index < -0.39 is 17.8 Å². The molecule has 0 unspecified atom stereocenters. The fraction of sp³-hybridized carbons (Fsp3) is 0.333. The minimum atomic E-state index is -0.793. The van der Waals surface area contributed by atoms with Crippen LogP contribution in [0.15, 0.2) is 48.5 Å². The molecule has 0 aliphatic rings. The van der Waals surface area contributed by atoms with Crippen molar-refractivity contribution < 1.29 is 23.5 Å². The molecule has 28 heavy (non-hydrogen) atoms. The smallest absolute Gasteiger partial charge is 0.254 e. The van der Waals surface area contributed by atoms with E-state index in [0.717, 1.165) is 0 Å². The number of ether oxygens (including phenoxy) is 2. The van der Waals surface area contributed by atoms with Crippen molar-refractivity contribution in [1.29, 1.82) is 0 Å². The zero-order valence-electron chi connectivity index (χ0n) is 16.2. The molecule has 0 aliphatic carbocycles. The van der Waals surface area contributed by atoms with E-state index >= 15 is 0 Å². The van der Waals surface area contributed by atoms with Gasteiger partial charge >= 0.3 is 0 Å². The molecule has 150 valence electrons. The molecule has 2 aromatic carbocycles. The highest BCUT2D eigenvalue weighted by Crippen LogP contribution is 2.25. The Labute approximate surface area is 164 Å². The molecule has 0 spiro atoms. The molecule has 0 saturated heterocycles. The van der Waals surface area contributed by atoms with Gasteiger partial charge in [-0.15, -0.1) is 0 Å². The van der Waals surface area contributed by atoms with Crippen LogP contribution < -0.4 is 20.1 Å². The number of carbonyl (C=O) groups is 2. The van der Waals surface area contributed by atoms with Crippen LogP contribution in [0.25, 0.3) is 0 Å². The van der Waals surface area contributed by atoms with Gasteiger partial charge in [0.1, 0.15) is 18.5 Å². The summed E-state index contributed by atoms with van der Waals surface area (Å²) in [5, 5.41) is 5.33. The number of rotatable bonds is 9. The van der Waals surface area contributed by atoms with Crippen LogP contribution in [0.1, 0.15) is 24.2 Å². The highest BCUT2D eigenvalue weighted by molar-refractivity contribution is 5.97. The van der Waals surface area contributed by atoms with Crippen LogP contribution in [0.3, 0.4) is 0 Å². The van der Waals surface area contributed by atoms with Crippen molar-refractivity contribution in [3.05, 3.63) is 59.9 Å². The van der Waals surface area contributed by atoms with E-state index in [1.165, 1.54) is 18.2 Å². The summed E-state index contributed by atoms with van der Waals surface area (Å²) >= 11 is 0.